The summed E-state index contributed by atoms with van der Waals surface area (Å²) in [6, 6.07) is 7.87. The van der Waals surface area contributed by atoms with Gasteiger partial charge in [-0.25, -0.2) is 0 Å². The molecule has 0 radical (unpaired) electrons. The third kappa shape index (κ3) is 6.18. The van der Waals surface area contributed by atoms with Gasteiger partial charge in [0.25, 0.3) is 5.91 Å². The van der Waals surface area contributed by atoms with E-state index >= 15 is 0 Å². The number of hydrogen-bond acceptors (Lipinski definition) is 4. The zero-order chi connectivity index (χ0) is 20.5. The standard InChI is InChI=1S/C22H34N4O3/c1-23-21(25-16-22(9-5-10-22)11-13-28-2)24-15-17-6-3-7-18(14-17)26-20(27)19-8-4-12-29-19/h3,6-7,14,19H,4-5,8-13,15-16H2,1-2H3,(H,26,27)(H2,23,24,25). The zero-order valence-corrected chi connectivity index (χ0v) is 17.6. The summed E-state index contributed by atoms with van der Waals surface area (Å²) in [5.74, 6) is 0.731. The third-order valence-electron chi connectivity index (χ3n) is 5.98. The Bertz CT molecular complexity index is 697. The first kappa shape index (κ1) is 21.6. The van der Waals surface area contributed by atoms with Gasteiger partial charge in [0.2, 0.25) is 0 Å². The molecule has 1 amide bonds. The van der Waals surface area contributed by atoms with Crippen LogP contribution >= 0.6 is 0 Å². The minimum absolute atomic E-state index is 0.0630. The summed E-state index contributed by atoms with van der Waals surface area (Å²) < 4.78 is 10.7. The number of methoxy groups -OCH3 is 1. The molecule has 1 saturated heterocycles. The highest BCUT2D eigenvalue weighted by Crippen LogP contribution is 2.43. The molecule has 0 bridgehead atoms. The normalized spacial score (nSPS) is 20.8. The first-order valence-corrected chi connectivity index (χ1v) is 10.6. The van der Waals surface area contributed by atoms with Crippen molar-refractivity contribution in [2.24, 2.45) is 10.4 Å². The molecule has 29 heavy (non-hydrogen) atoms. The van der Waals surface area contributed by atoms with Gasteiger partial charge in [-0.15, -0.1) is 0 Å². The second kappa shape index (κ2) is 10.6. The minimum atomic E-state index is -0.322. The highest BCUT2D eigenvalue weighted by atomic mass is 16.5. The largest absolute Gasteiger partial charge is 0.385 e. The van der Waals surface area contributed by atoms with E-state index < -0.39 is 0 Å². The van der Waals surface area contributed by atoms with Gasteiger partial charge < -0.3 is 25.4 Å². The van der Waals surface area contributed by atoms with Crippen LogP contribution in [0, 0.1) is 5.41 Å². The number of nitrogens with one attached hydrogen (secondary N) is 3. The molecule has 1 aliphatic carbocycles. The lowest BCUT2D eigenvalue weighted by Crippen LogP contribution is -2.46. The second-order valence-corrected chi connectivity index (χ2v) is 8.07. The smallest absolute Gasteiger partial charge is 0.253 e. The highest BCUT2D eigenvalue weighted by Gasteiger charge is 2.36. The Morgan fingerprint density at radius 1 is 1.31 bits per heavy atom. The van der Waals surface area contributed by atoms with Crippen molar-refractivity contribution in [2.45, 2.75) is 51.2 Å². The van der Waals surface area contributed by atoms with E-state index in [0.29, 0.717) is 18.6 Å². The van der Waals surface area contributed by atoms with E-state index in [1.807, 2.05) is 24.3 Å². The summed E-state index contributed by atoms with van der Waals surface area (Å²) in [5.41, 5.74) is 2.21. The Labute approximate surface area is 173 Å². The predicted molar refractivity (Wildman–Crippen MR) is 115 cm³/mol. The van der Waals surface area contributed by atoms with Gasteiger partial charge in [-0.3, -0.25) is 9.79 Å². The molecule has 1 heterocycles. The lowest BCUT2D eigenvalue weighted by atomic mass is 9.67. The van der Waals surface area contributed by atoms with Gasteiger partial charge in [0.1, 0.15) is 6.10 Å². The molecule has 160 valence electrons. The molecule has 1 atom stereocenters. The quantitative estimate of drug-likeness (QED) is 0.437. The lowest BCUT2D eigenvalue weighted by Gasteiger charge is -2.42. The zero-order valence-electron chi connectivity index (χ0n) is 17.6. The number of ether oxygens (including phenoxy) is 2. The number of carbonyl (C=O) groups is 1. The Kier molecular flexibility index (Phi) is 7.89. The van der Waals surface area contributed by atoms with Crippen LogP contribution in [0.1, 0.15) is 44.1 Å². The molecular weight excluding hydrogens is 368 g/mol. The molecule has 7 nitrogen and oxygen atoms in total. The van der Waals surface area contributed by atoms with Crippen LogP contribution in [0.4, 0.5) is 5.69 Å². The van der Waals surface area contributed by atoms with Gasteiger partial charge in [-0.1, -0.05) is 18.6 Å². The van der Waals surface area contributed by atoms with Crippen LogP contribution in [-0.2, 0) is 20.8 Å². The fourth-order valence-electron chi connectivity index (χ4n) is 3.95. The van der Waals surface area contributed by atoms with Gasteiger partial charge in [0.15, 0.2) is 5.96 Å². The maximum absolute atomic E-state index is 12.2. The van der Waals surface area contributed by atoms with Crippen molar-refractivity contribution in [1.82, 2.24) is 10.6 Å². The van der Waals surface area contributed by atoms with Gasteiger partial charge in [-0.2, -0.15) is 0 Å². The molecule has 3 rings (SSSR count). The van der Waals surface area contributed by atoms with Crippen molar-refractivity contribution in [3.8, 4) is 0 Å². The van der Waals surface area contributed by atoms with Crippen molar-refractivity contribution in [1.29, 1.82) is 0 Å². The molecule has 3 N–H and O–H groups in total. The van der Waals surface area contributed by atoms with Crippen LogP contribution in [0.5, 0.6) is 0 Å². The molecule has 1 saturated carbocycles. The van der Waals surface area contributed by atoms with Crippen molar-refractivity contribution in [3.05, 3.63) is 29.8 Å². The maximum atomic E-state index is 12.2. The van der Waals surface area contributed by atoms with E-state index in [4.69, 9.17) is 9.47 Å². The number of carbonyl (C=O) groups excluding carboxylic acids is 1. The summed E-state index contributed by atoms with van der Waals surface area (Å²) in [6.45, 7) is 3.01. The first-order valence-electron chi connectivity index (χ1n) is 10.6. The van der Waals surface area contributed by atoms with E-state index in [2.05, 4.69) is 20.9 Å². The number of benzene rings is 1. The Hall–Kier alpha value is -2.12. The van der Waals surface area contributed by atoms with Crippen LogP contribution in [0.2, 0.25) is 0 Å². The number of rotatable bonds is 9. The average Bonchev–Trinajstić information content (AvgIpc) is 3.24. The van der Waals surface area contributed by atoms with Crippen LogP contribution in [0.25, 0.3) is 0 Å². The van der Waals surface area contributed by atoms with Crippen molar-refractivity contribution < 1.29 is 14.3 Å². The van der Waals surface area contributed by atoms with Crippen molar-refractivity contribution in [3.63, 3.8) is 0 Å². The molecule has 0 spiro atoms. The van der Waals surface area contributed by atoms with Gasteiger partial charge in [-0.05, 0) is 55.2 Å². The maximum Gasteiger partial charge on any atom is 0.253 e. The molecule has 2 fully saturated rings. The number of amides is 1. The Morgan fingerprint density at radius 2 is 2.17 bits per heavy atom. The molecular formula is C22H34N4O3. The average molecular weight is 403 g/mol. The SMILES string of the molecule is CN=C(NCc1cccc(NC(=O)C2CCCO2)c1)NCC1(CCOC)CCC1. The van der Waals surface area contributed by atoms with Crippen LogP contribution in [0.15, 0.2) is 29.3 Å². The summed E-state index contributed by atoms with van der Waals surface area (Å²) >= 11 is 0. The van der Waals surface area contributed by atoms with Crippen molar-refractivity contribution >= 4 is 17.6 Å². The summed E-state index contributed by atoms with van der Waals surface area (Å²) in [6.07, 6.45) is 6.28. The number of hydrogen-bond donors (Lipinski definition) is 3. The van der Waals surface area contributed by atoms with E-state index in [-0.39, 0.29) is 12.0 Å². The summed E-state index contributed by atoms with van der Waals surface area (Å²) in [5, 5.41) is 9.80. The molecule has 7 heteroatoms. The molecule has 2 aliphatic rings. The molecule has 1 aromatic rings. The van der Waals surface area contributed by atoms with Gasteiger partial charge in [0.05, 0.1) is 0 Å². The van der Waals surface area contributed by atoms with Gasteiger partial charge in [0, 0.05) is 46.1 Å². The Balaban J connectivity index is 1.47. The number of anilines is 1. The topological polar surface area (TPSA) is 84.0 Å². The lowest BCUT2D eigenvalue weighted by molar-refractivity contribution is -0.124. The van der Waals surface area contributed by atoms with E-state index in [1.165, 1.54) is 19.3 Å². The van der Waals surface area contributed by atoms with E-state index in [1.54, 1.807) is 14.2 Å². The number of guanidine groups is 1. The number of nitrogens with zero attached hydrogens (tertiary/aromatic N) is 1. The highest BCUT2D eigenvalue weighted by molar-refractivity contribution is 5.94. The molecule has 0 aromatic heterocycles. The fraction of sp³-hybridized carbons (Fsp3) is 0.636. The molecule has 1 unspecified atom stereocenters. The minimum Gasteiger partial charge on any atom is -0.385 e. The van der Waals surface area contributed by atoms with Crippen molar-refractivity contribution in [2.75, 3.05) is 39.2 Å². The molecule has 1 aromatic carbocycles. The second-order valence-electron chi connectivity index (χ2n) is 8.07. The van der Waals surface area contributed by atoms with Crippen LogP contribution < -0.4 is 16.0 Å². The number of aliphatic imine (C=N–C) groups is 1. The Morgan fingerprint density at radius 3 is 2.83 bits per heavy atom. The van der Waals surface area contributed by atoms with Crippen LogP contribution in [0.3, 0.4) is 0 Å². The summed E-state index contributed by atoms with van der Waals surface area (Å²) in [4.78, 5) is 16.6. The van der Waals surface area contributed by atoms with Gasteiger partial charge >= 0.3 is 0 Å². The van der Waals surface area contributed by atoms with E-state index in [9.17, 15) is 4.79 Å². The summed E-state index contributed by atoms with van der Waals surface area (Å²) in [7, 11) is 3.55. The third-order valence-corrected chi connectivity index (χ3v) is 5.98. The predicted octanol–water partition coefficient (Wildman–Crippen LogP) is 2.68. The first-order chi connectivity index (χ1) is 14.1. The van der Waals surface area contributed by atoms with E-state index in [0.717, 1.165) is 49.6 Å². The molecule has 1 aliphatic heterocycles. The fourth-order valence-corrected chi connectivity index (χ4v) is 3.95. The van der Waals surface area contributed by atoms with Crippen LogP contribution in [-0.4, -0.2) is 51.9 Å². The monoisotopic (exact) mass is 402 g/mol.